The largest absolute Gasteiger partial charge is 0.322 e. The molecule has 2 aromatic rings. The van der Waals surface area contributed by atoms with Crippen LogP contribution < -0.4 is 9.80 Å². The summed E-state index contributed by atoms with van der Waals surface area (Å²) in [5, 5.41) is 0. The minimum Gasteiger partial charge on any atom is -0.322 e. The summed E-state index contributed by atoms with van der Waals surface area (Å²) in [5.41, 5.74) is 5.99. The van der Waals surface area contributed by atoms with Gasteiger partial charge in [0.15, 0.2) is 6.04 Å². The molecule has 2 fully saturated rings. The number of sulfonamides is 1. The van der Waals surface area contributed by atoms with E-state index in [1.165, 1.54) is 9.21 Å². The maximum Gasteiger partial charge on any atom is 0.292 e. The lowest BCUT2D eigenvalue weighted by Gasteiger charge is -2.34. The summed E-state index contributed by atoms with van der Waals surface area (Å²) in [6, 6.07) is 7.28. The number of piperazine rings is 1. The average molecular weight is 485 g/mol. The second kappa shape index (κ2) is 8.91. The number of benzene rings is 2. The summed E-state index contributed by atoms with van der Waals surface area (Å²) >= 11 is 0. The van der Waals surface area contributed by atoms with Crippen LogP contribution in [0.15, 0.2) is 29.2 Å². The van der Waals surface area contributed by atoms with Crippen molar-refractivity contribution in [2.24, 2.45) is 0 Å². The third-order valence-corrected chi connectivity index (χ3v) is 9.74. The van der Waals surface area contributed by atoms with Gasteiger partial charge in [0.05, 0.1) is 43.2 Å². The molecule has 0 aliphatic carbocycles. The average Bonchev–Trinajstić information content (AvgIpc) is 3.06. The van der Waals surface area contributed by atoms with Crippen LogP contribution in [-0.2, 0) is 19.6 Å². The van der Waals surface area contributed by atoms with E-state index in [-0.39, 0.29) is 18.2 Å². The molecule has 0 radical (unpaired) electrons. The topological polar surface area (TPSA) is 79.2 Å². The maximum absolute atomic E-state index is 13.6. The normalized spacial score (nSPS) is 20.4. The molecule has 2 aliphatic rings. The van der Waals surface area contributed by atoms with E-state index in [2.05, 4.69) is 0 Å². The Morgan fingerprint density at radius 1 is 0.853 bits per heavy atom. The molecule has 0 bridgehead atoms. The van der Waals surface area contributed by atoms with Gasteiger partial charge in [-0.05, 0) is 74.9 Å². The van der Waals surface area contributed by atoms with Crippen molar-refractivity contribution in [3.8, 4) is 0 Å². The number of quaternary nitrogens is 1. The predicted molar refractivity (Wildman–Crippen MR) is 132 cm³/mol. The molecule has 0 aromatic heterocycles. The molecule has 4 rings (SSSR count). The summed E-state index contributed by atoms with van der Waals surface area (Å²) < 4.78 is 28.7. The molecule has 2 saturated heterocycles. The lowest BCUT2D eigenvalue weighted by Crippen LogP contribution is -3.19. The summed E-state index contributed by atoms with van der Waals surface area (Å²) in [6.07, 6.45) is 0.157. The van der Waals surface area contributed by atoms with Crippen LogP contribution in [0.4, 0.5) is 5.69 Å². The molecular formula is C26H34N3O4S+. The third kappa shape index (κ3) is 3.97. The number of amides is 2. The molecule has 0 spiro atoms. The Bertz CT molecular complexity index is 1230. The number of aryl methyl sites for hydroxylation is 4. The highest BCUT2D eigenvalue weighted by Gasteiger charge is 2.48. The van der Waals surface area contributed by atoms with E-state index in [1.807, 2.05) is 65.8 Å². The van der Waals surface area contributed by atoms with E-state index >= 15 is 0 Å². The van der Waals surface area contributed by atoms with Gasteiger partial charge in [0.25, 0.3) is 5.91 Å². The lowest BCUT2D eigenvalue weighted by atomic mass is 10.0. The summed E-state index contributed by atoms with van der Waals surface area (Å²) in [5.74, 6) is -0.369. The molecule has 34 heavy (non-hydrogen) atoms. The van der Waals surface area contributed by atoms with Gasteiger partial charge in [-0.2, -0.15) is 4.31 Å². The van der Waals surface area contributed by atoms with Crippen LogP contribution in [0.25, 0.3) is 0 Å². The van der Waals surface area contributed by atoms with Crippen LogP contribution in [-0.4, -0.2) is 56.8 Å². The number of hydrogen-bond donors (Lipinski definition) is 1. The zero-order chi connectivity index (χ0) is 24.9. The monoisotopic (exact) mass is 484 g/mol. The number of anilines is 1. The molecule has 2 aliphatic heterocycles. The van der Waals surface area contributed by atoms with Gasteiger partial charge < -0.3 is 4.90 Å². The van der Waals surface area contributed by atoms with Gasteiger partial charge in [0.2, 0.25) is 15.9 Å². The highest BCUT2D eigenvalue weighted by atomic mass is 32.2. The Kier molecular flexibility index (Phi) is 6.44. The Morgan fingerprint density at radius 2 is 1.38 bits per heavy atom. The number of imide groups is 1. The second-order valence-electron chi connectivity index (χ2n) is 9.72. The molecule has 2 heterocycles. The van der Waals surface area contributed by atoms with E-state index in [9.17, 15) is 18.0 Å². The van der Waals surface area contributed by atoms with Gasteiger partial charge in [-0.3, -0.25) is 9.59 Å². The smallest absolute Gasteiger partial charge is 0.292 e. The molecule has 0 saturated carbocycles. The Labute approximate surface area is 202 Å². The number of carbonyl (C=O) groups is 2. The minimum atomic E-state index is -3.65. The van der Waals surface area contributed by atoms with E-state index < -0.39 is 16.1 Å². The van der Waals surface area contributed by atoms with Crippen LogP contribution in [0, 0.1) is 41.5 Å². The lowest BCUT2D eigenvalue weighted by molar-refractivity contribution is -0.918. The molecule has 1 atom stereocenters. The summed E-state index contributed by atoms with van der Waals surface area (Å²) in [7, 11) is -3.65. The molecule has 1 N–H and O–H groups in total. The van der Waals surface area contributed by atoms with Gasteiger partial charge in [0.1, 0.15) is 0 Å². The van der Waals surface area contributed by atoms with Gasteiger partial charge in [0, 0.05) is 0 Å². The molecular weight excluding hydrogens is 450 g/mol. The van der Waals surface area contributed by atoms with Crippen LogP contribution in [0.3, 0.4) is 0 Å². The van der Waals surface area contributed by atoms with Gasteiger partial charge in [-0.15, -0.1) is 0 Å². The van der Waals surface area contributed by atoms with Crippen molar-refractivity contribution in [3.63, 3.8) is 0 Å². The number of nitrogens with zero attached hydrogens (tertiary/aromatic N) is 2. The fraction of sp³-hybridized carbons (Fsp3) is 0.462. The fourth-order valence-electron chi connectivity index (χ4n) is 5.40. The Morgan fingerprint density at radius 3 is 1.91 bits per heavy atom. The fourth-order valence-corrected chi connectivity index (χ4v) is 7.42. The number of rotatable bonds is 4. The van der Waals surface area contributed by atoms with Crippen molar-refractivity contribution in [1.82, 2.24) is 4.31 Å². The van der Waals surface area contributed by atoms with Crippen molar-refractivity contribution in [2.45, 2.75) is 58.9 Å². The molecule has 7 nitrogen and oxygen atoms in total. The van der Waals surface area contributed by atoms with Gasteiger partial charge in [-0.25, -0.2) is 13.3 Å². The van der Waals surface area contributed by atoms with Gasteiger partial charge in [-0.1, -0.05) is 24.3 Å². The van der Waals surface area contributed by atoms with E-state index in [0.717, 1.165) is 38.3 Å². The van der Waals surface area contributed by atoms with Crippen molar-refractivity contribution < 1.29 is 22.9 Å². The second-order valence-corrected chi connectivity index (χ2v) is 11.6. The third-order valence-electron chi connectivity index (χ3n) is 7.56. The predicted octanol–water partition coefficient (Wildman–Crippen LogP) is 1.76. The highest BCUT2D eigenvalue weighted by molar-refractivity contribution is 7.89. The minimum absolute atomic E-state index is 0.157. The van der Waals surface area contributed by atoms with Crippen LogP contribution >= 0.6 is 0 Å². The van der Waals surface area contributed by atoms with Crippen molar-refractivity contribution >= 4 is 27.5 Å². The zero-order valence-corrected chi connectivity index (χ0v) is 21.7. The first-order valence-corrected chi connectivity index (χ1v) is 13.2. The summed E-state index contributed by atoms with van der Waals surface area (Å²) in [4.78, 5) is 28.9. The van der Waals surface area contributed by atoms with Gasteiger partial charge >= 0.3 is 0 Å². The molecule has 2 aromatic carbocycles. The number of nitrogens with one attached hydrogen (secondary N) is 1. The van der Waals surface area contributed by atoms with E-state index in [1.54, 1.807) is 0 Å². The van der Waals surface area contributed by atoms with E-state index in [4.69, 9.17) is 0 Å². The first-order chi connectivity index (χ1) is 15.9. The first kappa shape index (κ1) is 24.6. The number of carbonyl (C=O) groups excluding carboxylic acids is 2. The summed E-state index contributed by atoms with van der Waals surface area (Å²) in [6.45, 7) is 13.0. The van der Waals surface area contributed by atoms with Crippen molar-refractivity contribution in [3.05, 3.63) is 57.6 Å². The number of para-hydroxylation sites is 1. The van der Waals surface area contributed by atoms with Crippen molar-refractivity contribution in [1.29, 1.82) is 0 Å². The van der Waals surface area contributed by atoms with Crippen LogP contribution in [0.2, 0.25) is 0 Å². The van der Waals surface area contributed by atoms with E-state index in [0.29, 0.717) is 36.8 Å². The molecule has 182 valence electrons. The Balaban J connectivity index is 1.53. The highest BCUT2D eigenvalue weighted by Crippen LogP contribution is 2.30. The Hall–Kier alpha value is -2.55. The SMILES string of the molecule is Cc1cc(C)c(C)c(S(=O)(=O)N2CC[NH+]([C@@H]3CC(=O)N(c4c(C)cccc4C)C3=O)CC2)c1C. The molecule has 2 amide bonds. The first-order valence-electron chi connectivity index (χ1n) is 11.8. The molecule has 8 heteroatoms. The quantitative estimate of drug-likeness (QED) is 0.671. The van der Waals surface area contributed by atoms with Crippen LogP contribution in [0.5, 0.6) is 0 Å². The van der Waals surface area contributed by atoms with Crippen LogP contribution in [0.1, 0.15) is 39.8 Å². The maximum atomic E-state index is 13.6. The standard InChI is InChI=1S/C26H33N3O4S/c1-16-8-7-9-17(2)24(16)29-23(30)15-22(26(29)31)27-10-12-28(13-11-27)34(32,33)25-20(5)18(3)14-19(4)21(25)6/h7-9,14,22H,10-13,15H2,1-6H3/p+1/t22-/m1/s1. The number of hydrogen-bond acceptors (Lipinski definition) is 4. The molecule has 0 unspecified atom stereocenters. The zero-order valence-electron chi connectivity index (χ0n) is 20.9. The van der Waals surface area contributed by atoms with Crippen molar-refractivity contribution in [2.75, 3.05) is 31.1 Å².